The Morgan fingerprint density at radius 3 is 2.80 bits per heavy atom. The van der Waals surface area contributed by atoms with Crippen molar-refractivity contribution in [1.29, 1.82) is 0 Å². The Bertz CT molecular complexity index is 1030. The average molecular weight is 429 g/mol. The van der Waals surface area contributed by atoms with Crippen LogP contribution >= 0.6 is 11.6 Å². The van der Waals surface area contributed by atoms with Crippen LogP contribution in [0, 0.1) is 0 Å². The van der Waals surface area contributed by atoms with Gasteiger partial charge in [-0.3, -0.25) is 4.79 Å². The van der Waals surface area contributed by atoms with Crippen LogP contribution < -0.4 is 14.2 Å². The van der Waals surface area contributed by atoms with Crippen molar-refractivity contribution in [3.8, 4) is 17.2 Å². The number of aromatic nitrogens is 2. The minimum atomic E-state index is -0.864. The highest BCUT2D eigenvalue weighted by atomic mass is 35.5. The molecular formula is C22H21ClN2O5. The van der Waals surface area contributed by atoms with Crippen LogP contribution in [0.25, 0.3) is 0 Å². The van der Waals surface area contributed by atoms with Gasteiger partial charge >= 0.3 is 5.97 Å². The fraction of sp³-hybridized carbons (Fsp3) is 0.273. The highest BCUT2D eigenvalue weighted by molar-refractivity contribution is 6.30. The lowest BCUT2D eigenvalue weighted by molar-refractivity contribution is -0.137. The predicted octanol–water partition coefficient (Wildman–Crippen LogP) is 3.90. The van der Waals surface area contributed by atoms with E-state index in [1.165, 1.54) is 0 Å². The van der Waals surface area contributed by atoms with Crippen LogP contribution in [-0.2, 0) is 11.8 Å². The predicted molar refractivity (Wildman–Crippen MR) is 111 cm³/mol. The molecule has 0 saturated carbocycles. The summed E-state index contributed by atoms with van der Waals surface area (Å²) in [6, 6.07) is 12.7. The van der Waals surface area contributed by atoms with Gasteiger partial charge in [0.1, 0.15) is 19.0 Å². The third kappa shape index (κ3) is 4.52. The maximum absolute atomic E-state index is 11.4. The first-order valence-electron chi connectivity index (χ1n) is 9.49. The maximum Gasteiger partial charge on any atom is 0.304 e. The number of imidazole rings is 1. The van der Waals surface area contributed by atoms with Gasteiger partial charge in [-0.05, 0) is 29.8 Å². The molecule has 1 aromatic heterocycles. The number of rotatable bonds is 7. The van der Waals surface area contributed by atoms with E-state index in [0.29, 0.717) is 35.5 Å². The van der Waals surface area contributed by atoms with Crippen LogP contribution in [0.2, 0.25) is 5.02 Å². The molecule has 4 rings (SSSR count). The molecule has 2 aromatic carbocycles. The number of hydrogen-bond acceptors (Lipinski definition) is 5. The summed E-state index contributed by atoms with van der Waals surface area (Å²) < 4.78 is 19.3. The molecule has 30 heavy (non-hydrogen) atoms. The van der Waals surface area contributed by atoms with E-state index in [1.54, 1.807) is 30.7 Å². The monoisotopic (exact) mass is 428 g/mol. The second-order valence-corrected chi connectivity index (χ2v) is 7.54. The minimum Gasteiger partial charge on any atom is -0.490 e. The fourth-order valence-electron chi connectivity index (χ4n) is 3.43. The van der Waals surface area contributed by atoms with Crippen LogP contribution in [0.1, 0.15) is 23.6 Å². The molecule has 1 aliphatic rings. The number of aryl methyl sites for hydroxylation is 1. The number of halogens is 1. The van der Waals surface area contributed by atoms with Crippen molar-refractivity contribution in [3.05, 3.63) is 71.3 Å². The lowest BCUT2D eigenvalue weighted by Gasteiger charge is -2.26. The molecule has 2 heterocycles. The third-order valence-electron chi connectivity index (χ3n) is 4.93. The average Bonchev–Trinajstić information content (AvgIpc) is 3.16. The van der Waals surface area contributed by atoms with E-state index in [2.05, 4.69) is 4.98 Å². The largest absolute Gasteiger partial charge is 0.490 e. The standard InChI is InChI=1S/C22H21ClN2O5/c1-25-13-24-10-19(25)18(9-22(26)27)14-2-5-16(6-3-14)28-11-17-12-29-20-7-4-15(23)8-21(20)30-17/h2-8,10,13,17-18H,9,11-12H2,1H3,(H,26,27)/t17-,18?/m0/s1. The van der Waals surface area contributed by atoms with Crippen LogP contribution in [-0.4, -0.2) is 39.9 Å². The van der Waals surface area contributed by atoms with Gasteiger partial charge < -0.3 is 23.9 Å². The summed E-state index contributed by atoms with van der Waals surface area (Å²) in [5, 5.41) is 9.90. The van der Waals surface area contributed by atoms with Crippen molar-refractivity contribution < 1.29 is 24.1 Å². The van der Waals surface area contributed by atoms with Crippen molar-refractivity contribution >= 4 is 17.6 Å². The number of aliphatic carboxylic acids is 1. The lowest BCUT2D eigenvalue weighted by Crippen LogP contribution is -2.34. The Balaban J connectivity index is 1.41. The number of carboxylic acids is 1. The highest BCUT2D eigenvalue weighted by Crippen LogP contribution is 2.34. The Kier molecular flexibility index (Phi) is 5.81. The Hall–Kier alpha value is -3.19. The number of carboxylic acid groups (broad SMARTS) is 1. The molecule has 1 unspecified atom stereocenters. The van der Waals surface area contributed by atoms with Crippen LogP contribution in [0.4, 0.5) is 0 Å². The number of carbonyl (C=O) groups is 1. The van der Waals surface area contributed by atoms with E-state index in [0.717, 1.165) is 11.3 Å². The van der Waals surface area contributed by atoms with Crippen molar-refractivity contribution in [1.82, 2.24) is 9.55 Å². The van der Waals surface area contributed by atoms with Gasteiger partial charge in [0.15, 0.2) is 17.6 Å². The number of hydrogen-bond donors (Lipinski definition) is 1. The zero-order chi connectivity index (χ0) is 21.1. The summed E-state index contributed by atoms with van der Waals surface area (Å²) >= 11 is 6.01. The van der Waals surface area contributed by atoms with Gasteiger partial charge in [-0.15, -0.1) is 0 Å². The summed E-state index contributed by atoms with van der Waals surface area (Å²) in [4.78, 5) is 15.5. The SMILES string of the molecule is Cn1cncc1C(CC(=O)O)c1ccc(OC[C@H]2COc3ccc(Cl)cc3O2)cc1. The van der Waals surface area contributed by atoms with E-state index in [9.17, 15) is 9.90 Å². The minimum absolute atomic E-state index is 0.0189. The van der Waals surface area contributed by atoms with Crippen LogP contribution in [0.5, 0.6) is 17.2 Å². The van der Waals surface area contributed by atoms with Gasteiger partial charge in [-0.25, -0.2) is 4.98 Å². The van der Waals surface area contributed by atoms with Crippen molar-refractivity contribution in [2.24, 2.45) is 7.05 Å². The Labute approximate surface area is 178 Å². The van der Waals surface area contributed by atoms with E-state index in [1.807, 2.05) is 35.9 Å². The van der Waals surface area contributed by atoms with Gasteiger partial charge in [0.2, 0.25) is 0 Å². The molecule has 0 radical (unpaired) electrons. The molecule has 0 aliphatic carbocycles. The lowest BCUT2D eigenvalue weighted by atomic mass is 9.92. The molecule has 0 spiro atoms. The zero-order valence-corrected chi connectivity index (χ0v) is 17.1. The molecule has 156 valence electrons. The molecule has 1 N–H and O–H groups in total. The molecule has 0 bridgehead atoms. The second kappa shape index (κ2) is 8.67. The molecular weight excluding hydrogens is 408 g/mol. The Morgan fingerprint density at radius 2 is 2.10 bits per heavy atom. The van der Waals surface area contributed by atoms with Crippen LogP contribution in [0.3, 0.4) is 0 Å². The molecule has 8 heteroatoms. The summed E-state index contributed by atoms with van der Waals surface area (Å²) in [6.07, 6.45) is 3.08. The smallest absolute Gasteiger partial charge is 0.304 e. The summed E-state index contributed by atoms with van der Waals surface area (Å²) in [7, 11) is 1.85. The molecule has 3 aromatic rings. The van der Waals surface area contributed by atoms with E-state index in [4.69, 9.17) is 25.8 Å². The topological polar surface area (TPSA) is 82.8 Å². The molecule has 2 atom stereocenters. The van der Waals surface area contributed by atoms with Crippen molar-refractivity contribution in [3.63, 3.8) is 0 Å². The molecule has 7 nitrogen and oxygen atoms in total. The highest BCUT2D eigenvalue weighted by Gasteiger charge is 2.23. The first-order chi connectivity index (χ1) is 14.5. The first-order valence-corrected chi connectivity index (χ1v) is 9.87. The molecule has 0 fully saturated rings. The van der Waals surface area contributed by atoms with E-state index < -0.39 is 5.97 Å². The zero-order valence-electron chi connectivity index (χ0n) is 16.3. The van der Waals surface area contributed by atoms with Crippen molar-refractivity contribution in [2.45, 2.75) is 18.4 Å². The number of ether oxygens (including phenoxy) is 3. The molecule has 0 saturated heterocycles. The van der Waals surface area contributed by atoms with Crippen molar-refractivity contribution in [2.75, 3.05) is 13.2 Å². The quantitative estimate of drug-likeness (QED) is 0.614. The summed E-state index contributed by atoms with van der Waals surface area (Å²) in [5.41, 5.74) is 1.73. The van der Waals surface area contributed by atoms with Gasteiger partial charge in [-0.2, -0.15) is 0 Å². The summed E-state index contributed by atoms with van der Waals surface area (Å²) in [6.45, 7) is 0.694. The summed E-state index contributed by atoms with van der Waals surface area (Å²) in [5.74, 6) is 0.778. The normalized spacial score (nSPS) is 16.1. The van der Waals surface area contributed by atoms with Gasteiger partial charge in [0.05, 0.1) is 12.7 Å². The molecule has 0 amide bonds. The van der Waals surface area contributed by atoms with E-state index >= 15 is 0 Å². The maximum atomic E-state index is 11.4. The van der Waals surface area contributed by atoms with Gasteiger partial charge in [0.25, 0.3) is 0 Å². The van der Waals surface area contributed by atoms with Crippen LogP contribution in [0.15, 0.2) is 55.0 Å². The van der Waals surface area contributed by atoms with Gasteiger partial charge in [0, 0.05) is 35.9 Å². The van der Waals surface area contributed by atoms with Gasteiger partial charge in [-0.1, -0.05) is 23.7 Å². The second-order valence-electron chi connectivity index (χ2n) is 7.10. The number of benzene rings is 2. The molecule has 1 aliphatic heterocycles. The number of fused-ring (bicyclic) bond motifs is 1. The third-order valence-corrected chi connectivity index (χ3v) is 5.17. The fourth-order valence-corrected chi connectivity index (χ4v) is 3.59. The van der Waals surface area contributed by atoms with E-state index in [-0.39, 0.29) is 18.4 Å². The first kappa shape index (κ1) is 20.1. The Morgan fingerprint density at radius 1 is 1.30 bits per heavy atom. The number of nitrogens with zero attached hydrogens (tertiary/aromatic N) is 2.